The molecule has 0 spiro atoms. The summed E-state index contributed by atoms with van der Waals surface area (Å²) in [5.74, 6) is 0.0339. The maximum absolute atomic E-state index is 12.4. The van der Waals surface area contributed by atoms with Crippen LogP contribution >= 0.6 is 0 Å². The third-order valence-corrected chi connectivity index (χ3v) is 5.05. The number of fused-ring (bicyclic) bond motifs is 2. The van der Waals surface area contributed by atoms with Gasteiger partial charge in [-0.25, -0.2) is 4.99 Å². The Balaban J connectivity index is 1.75. The molecule has 0 aromatic heterocycles. The molecule has 3 aromatic carbocycles. The monoisotopic (exact) mass is 354 g/mol. The van der Waals surface area contributed by atoms with Crippen molar-refractivity contribution >= 4 is 33.6 Å². The Bertz CT molecular complexity index is 1060. The van der Waals surface area contributed by atoms with E-state index < -0.39 is 0 Å². The van der Waals surface area contributed by atoms with E-state index in [9.17, 15) is 4.79 Å². The third kappa shape index (κ3) is 3.28. The molecule has 3 aromatic rings. The van der Waals surface area contributed by atoms with Gasteiger partial charge in [-0.05, 0) is 73.2 Å². The summed E-state index contributed by atoms with van der Waals surface area (Å²) in [4.78, 5) is 19.5. The van der Waals surface area contributed by atoms with E-state index in [1.54, 1.807) is 6.08 Å². The molecule has 0 fully saturated rings. The predicted molar refractivity (Wildman–Crippen MR) is 114 cm³/mol. The Morgan fingerprint density at radius 3 is 2.07 bits per heavy atom. The molecular formula is C24H22N2O. The number of ketones is 1. The van der Waals surface area contributed by atoms with Crippen molar-refractivity contribution in [2.45, 2.75) is 13.8 Å². The van der Waals surface area contributed by atoms with Crippen molar-refractivity contribution in [3.05, 3.63) is 83.9 Å². The lowest BCUT2D eigenvalue weighted by atomic mass is 9.91. The lowest BCUT2D eigenvalue weighted by Crippen LogP contribution is -2.21. The minimum atomic E-state index is 0.0339. The number of nitrogens with zero attached hydrogens (tertiary/aromatic N) is 2. The summed E-state index contributed by atoms with van der Waals surface area (Å²) in [6.07, 6.45) is 3.43. The zero-order valence-corrected chi connectivity index (χ0v) is 15.6. The first-order chi connectivity index (χ1) is 13.2. The van der Waals surface area contributed by atoms with E-state index in [0.29, 0.717) is 0 Å². The normalized spacial score (nSPS) is 14.6. The molecule has 0 N–H and O–H groups in total. The standard InChI is InChI=1S/C24H22N2O/c1-3-26(4-2)20-11-9-19(10-12-20)25-23-13-14-24(27)22-16-18-8-6-5-7-17(18)15-21(22)23/h5-16H,3-4H2,1-2H3. The van der Waals surface area contributed by atoms with Gasteiger partial charge in [0.15, 0.2) is 5.78 Å². The molecule has 1 aliphatic rings. The zero-order chi connectivity index (χ0) is 18.8. The molecule has 134 valence electrons. The number of benzene rings is 3. The molecule has 0 amide bonds. The first kappa shape index (κ1) is 17.2. The Labute approximate surface area is 159 Å². The van der Waals surface area contributed by atoms with Crippen LogP contribution in [-0.4, -0.2) is 24.6 Å². The van der Waals surface area contributed by atoms with Gasteiger partial charge < -0.3 is 4.90 Å². The third-order valence-electron chi connectivity index (χ3n) is 5.05. The highest BCUT2D eigenvalue weighted by atomic mass is 16.1. The van der Waals surface area contributed by atoms with Crippen LogP contribution < -0.4 is 4.90 Å². The van der Waals surface area contributed by atoms with E-state index in [1.807, 2.05) is 42.5 Å². The van der Waals surface area contributed by atoms with Crippen molar-refractivity contribution in [2.75, 3.05) is 18.0 Å². The van der Waals surface area contributed by atoms with Gasteiger partial charge in [-0.3, -0.25) is 4.79 Å². The molecule has 0 unspecified atom stereocenters. The number of allylic oxidation sites excluding steroid dienone is 2. The van der Waals surface area contributed by atoms with Crippen LogP contribution in [0.1, 0.15) is 29.8 Å². The SMILES string of the molecule is CCN(CC)c1ccc(N=C2C=CC(=O)c3cc4ccccc4cc32)cc1. The first-order valence-corrected chi connectivity index (χ1v) is 9.39. The second kappa shape index (κ2) is 7.20. The van der Waals surface area contributed by atoms with Crippen LogP contribution in [0.5, 0.6) is 0 Å². The van der Waals surface area contributed by atoms with Crippen molar-refractivity contribution in [1.82, 2.24) is 0 Å². The average Bonchev–Trinajstić information content (AvgIpc) is 2.71. The molecule has 0 atom stereocenters. The summed E-state index contributed by atoms with van der Waals surface area (Å²) < 4.78 is 0. The smallest absolute Gasteiger partial charge is 0.186 e. The highest BCUT2D eigenvalue weighted by molar-refractivity contribution is 6.25. The lowest BCUT2D eigenvalue weighted by molar-refractivity contribution is 0.104. The lowest BCUT2D eigenvalue weighted by Gasteiger charge is -2.21. The molecule has 3 heteroatoms. The summed E-state index contributed by atoms with van der Waals surface area (Å²) in [5, 5.41) is 2.19. The molecular weight excluding hydrogens is 332 g/mol. The highest BCUT2D eigenvalue weighted by Gasteiger charge is 2.18. The topological polar surface area (TPSA) is 32.7 Å². The number of hydrogen-bond acceptors (Lipinski definition) is 3. The molecule has 0 saturated heterocycles. The van der Waals surface area contributed by atoms with Crippen LogP contribution in [0.3, 0.4) is 0 Å². The van der Waals surface area contributed by atoms with Gasteiger partial charge in [-0.1, -0.05) is 24.3 Å². The van der Waals surface area contributed by atoms with Crippen molar-refractivity contribution < 1.29 is 4.79 Å². The van der Waals surface area contributed by atoms with Crippen LogP contribution in [0.25, 0.3) is 10.8 Å². The fraction of sp³-hybridized carbons (Fsp3) is 0.167. The van der Waals surface area contributed by atoms with Crippen molar-refractivity contribution in [3.8, 4) is 0 Å². The fourth-order valence-electron chi connectivity index (χ4n) is 3.55. The summed E-state index contributed by atoms with van der Waals surface area (Å²) >= 11 is 0. The van der Waals surface area contributed by atoms with E-state index in [-0.39, 0.29) is 5.78 Å². The Morgan fingerprint density at radius 1 is 0.815 bits per heavy atom. The summed E-state index contributed by atoms with van der Waals surface area (Å²) in [6, 6.07) is 20.4. The summed E-state index contributed by atoms with van der Waals surface area (Å²) in [5.41, 5.74) is 4.53. The average molecular weight is 354 g/mol. The second-order valence-corrected chi connectivity index (χ2v) is 6.63. The predicted octanol–water partition coefficient (Wildman–Crippen LogP) is 5.56. The van der Waals surface area contributed by atoms with E-state index in [4.69, 9.17) is 4.99 Å². The molecule has 1 aliphatic carbocycles. The fourth-order valence-corrected chi connectivity index (χ4v) is 3.55. The molecule has 0 aliphatic heterocycles. The first-order valence-electron chi connectivity index (χ1n) is 9.39. The molecule has 0 saturated carbocycles. The number of carbonyl (C=O) groups excluding carboxylic acids is 1. The number of carbonyl (C=O) groups is 1. The van der Waals surface area contributed by atoms with Gasteiger partial charge in [0.2, 0.25) is 0 Å². The zero-order valence-electron chi connectivity index (χ0n) is 15.6. The summed E-state index contributed by atoms with van der Waals surface area (Å²) in [7, 11) is 0. The van der Waals surface area contributed by atoms with Gasteiger partial charge in [0.05, 0.1) is 11.4 Å². The van der Waals surface area contributed by atoms with Crippen LogP contribution in [0.4, 0.5) is 11.4 Å². The van der Waals surface area contributed by atoms with Gasteiger partial charge in [0.25, 0.3) is 0 Å². The minimum Gasteiger partial charge on any atom is -0.372 e. The van der Waals surface area contributed by atoms with Crippen molar-refractivity contribution in [2.24, 2.45) is 4.99 Å². The van der Waals surface area contributed by atoms with Crippen molar-refractivity contribution in [3.63, 3.8) is 0 Å². The Kier molecular flexibility index (Phi) is 4.59. The van der Waals surface area contributed by atoms with Crippen LogP contribution in [-0.2, 0) is 0 Å². The molecule has 0 bridgehead atoms. The van der Waals surface area contributed by atoms with E-state index in [2.05, 4.69) is 43.0 Å². The van der Waals surface area contributed by atoms with Crippen LogP contribution in [0.2, 0.25) is 0 Å². The second-order valence-electron chi connectivity index (χ2n) is 6.63. The maximum Gasteiger partial charge on any atom is 0.186 e. The molecule has 3 nitrogen and oxygen atoms in total. The van der Waals surface area contributed by atoms with Gasteiger partial charge in [-0.15, -0.1) is 0 Å². The Hall–Kier alpha value is -3.20. The molecule has 4 rings (SSSR count). The number of hydrogen-bond donors (Lipinski definition) is 0. The van der Waals surface area contributed by atoms with Crippen LogP contribution in [0.15, 0.2) is 77.8 Å². The molecule has 27 heavy (non-hydrogen) atoms. The minimum absolute atomic E-state index is 0.0339. The van der Waals surface area contributed by atoms with E-state index in [1.165, 1.54) is 5.69 Å². The van der Waals surface area contributed by atoms with E-state index >= 15 is 0 Å². The summed E-state index contributed by atoms with van der Waals surface area (Å²) in [6.45, 7) is 6.27. The molecule has 0 radical (unpaired) electrons. The highest BCUT2D eigenvalue weighted by Crippen LogP contribution is 2.27. The van der Waals surface area contributed by atoms with Gasteiger partial charge in [0, 0.05) is 29.9 Å². The Morgan fingerprint density at radius 2 is 1.44 bits per heavy atom. The quantitative estimate of drug-likeness (QED) is 0.614. The van der Waals surface area contributed by atoms with Crippen LogP contribution in [0, 0.1) is 0 Å². The van der Waals surface area contributed by atoms with Gasteiger partial charge in [0.1, 0.15) is 0 Å². The number of aliphatic imine (C=N–C) groups is 1. The van der Waals surface area contributed by atoms with Gasteiger partial charge >= 0.3 is 0 Å². The number of anilines is 1. The maximum atomic E-state index is 12.4. The largest absolute Gasteiger partial charge is 0.372 e. The van der Waals surface area contributed by atoms with E-state index in [0.717, 1.165) is 46.4 Å². The number of rotatable bonds is 4. The molecule has 0 heterocycles. The van der Waals surface area contributed by atoms with Gasteiger partial charge in [-0.2, -0.15) is 0 Å². The van der Waals surface area contributed by atoms with Crippen molar-refractivity contribution in [1.29, 1.82) is 0 Å².